The Kier molecular flexibility index (Phi) is 18.5. The first-order valence-electron chi connectivity index (χ1n) is 29.0. The van der Waals surface area contributed by atoms with Crippen molar-refractivity contribution < 1.29 is 44.1 Å². The lowest BCUT2D eigenvalue weighted by Crippen LogP contribution is -2.50. The second-order valence-electron chi connectivity index (χ2n) is 22.4. The van der Waals surface area contributed by atoms with Crippen molar-refractivity contribution in [2.24, 2.45) is 17.4 Å². The van der Waals surface area contributed by atoms with Crippen molar-refractivity contribution in [1.82, 2.24) is 55.3 Å². The third-order valence-corrected chi connectivity index (χ3v) is 21.7. The molecule has 7 atom stereocenters. The lowest BCUT2D eigenvalue weighted by Gasteiger charge is -2.29. The standard InChI is InChI=1S/C62H60N14O9S6/c1-29(15-18-75-16-7-8-17-75)65-37-19-32(11-14-45(37)77)20-39-62(85)76-23-47(79)30(2)51(76)61-73-44(28-90-61)59-69-40(24-88-59)50-34(12-13-36(66-50)58-70-41(25-89-58)53(64)82)56-71-42(26-86-56)54(83)67-38(22-48(63)80)60-74-49(31(3)91-60)46(78)21-35(52(81)33-9-5-4-6-10-33)57-72-43(27-87-57)55(84)68-39/h4-6,9-14,19,24-28,30,35,38-39,47,51-52,65,77,79,81H,1,7-8,15-18,20-23H2,2-3H3,(H2,63,80)(H2,64,82)(H,67,83)(H,68,84)/t30-,35-,38-,39-,47-,51-,52+/m0/s1. The first-order chi connectivity index (χ1) is 43.8. The minimum absolute atomic E-state index is 0.00954. The highest BCUT2D eigenvalue weighted by Crippen LogP contribution is 2.44. The van der Waals surface area contributed by atoms with E-state index >= 15 is 4.79 Å². The number of aromatic hydroxyl groups is 1. The molecule has 0 aliphatic carbocycles. The second-order valence-corrected chi connectivity index (χ2v) is 28.0. The first kappa shape index (κ1) is 62.8. The highest BCUT2D eigenvalue weighted by Gasteiger charge is 2.46. The van der Waals surface area contributed by atoms with E-state index < -0.39 is 77.5 Å². The van der Waals surface area contributed by atoms with Crippen molar-refractivity contribution in [2.45, 2.75) is 88.6 Å². The lowest BCUT2D eigenvalue weighted by atomic mass is 9.90. The number of aliphatic hydroxyl groups excluding tert-OH is 2. The maximum absolute atomic E-state index is 15.6. The molecule has 0 spiro atoms. The summed E-state index contributed by atoms with van der Waals surface area (Å²) in [4.78, 5) is 122. The summed E-state index contributed by atoms with van der Waals surface area (Å²) in [5, 5.41) is 54.4. The number of nitrogens with two attached hydrogens (primary N) is 2. The van der Waals surface area contributed by atoms with Crippen LogP contribution in [0.25, 0.3) is 43.4 Å². The van der Waals surface area contributed by atoms with Crippen molar-refractivity contribution in [3.63, 3.8) is 0 Å². The monoisotopic (exact) mass is 1340 g/mol. The number of hydrogen-bond donors (Lipinski definition) is 8. The summed E-state index contributed by atoms with van der Waals surface area (Å²) in [6, 6.07) is 13.9. The molecule has 3 aliphatic rings. The summed E-state index contributed by atoms with van der Waals surface area (Å²) in [5.74, 6) is -5.51. The normalized spacial score (nSPS) is 20.2. The largest absolute Gasteiger partial charge is 0.506 e. The predicted molar refractivity (Wildman–Crippen MR) is 349 cm³/mol. The van der Waals surface area contributed by atoms with Crippen LogP contribution in [-0.4, -0.2) is 134 Å². The zero-order valence-corrected chi connectivity index (χ0v) is 53.8. The molecule has 9 aromatic rings. The number of rotatable bonds is 13. The fourth-order valence-electron chi connectivity index (χ4n) is 11.3. The number of anilines is 1. The van der Waals surface area contributed by atoms with Gasteiger partial charge in [0.25, 0.3) is 17.7 Å². The Balaban J connectivity index is 0.945. The molecule has 3 aliphatic heterocycles. The van der Waals surface area contributed by atoms with Crippen molar-refractivity contribution >= 4 is 109 Å². The third-order valence-electron chi connectivity index (χ3n) is 16.1. The fraction of sp³-hybridized carbons (Fsp3) is 0.306. The van der Waals surface area contributed by atoms with E-state index in [0.29, 0.717) is 82.2 Å². The molecular formula is C62H60N14O9S6. The zero-order valence-electron chi connectivity index (χ0n) is 48.9. The molecule has 2 fully saturated rings. The second kappa shape index (κ2) is 26.8. The van der Waals surface area contributed by atoms with Crippen molar-refractivity contribution in [3.8, 4) is 49.1 Å². The summed E-state index contributed by atoms with van der Waals surface area (Å²) < 4.78 is 0. The molecule has 12 rings (SSSR count). The number of phenols is 1. The quantitative estimate of drug-likeness (QED) is 0.0500. The van der Waals surface area contributed by atoms with E-state index in [1.165, 1.54) is 55.7 Å². The number of carbonyl (C=O) groups is 6. The van der Waals surface area contributed by atoms with E-state index in [-0.39, 0.29) is 64.3 Å². The minimum Gasteiger partial charge on any atom is -0.506 e. The van der Waals surface area contributed by atoms with Gasteiger partial charge in [-0.25, -0.2) is 34.9 Å². The molecule has 2 saturated heterocycles. The number of aromatic nitrogens is 7. The van der Waals surface area contributed by atoms with E-state index in [2.05, 4.69) is 32.4 Å². The van der Waals surface area contributed by atoms with Crippen molar-refractivity contribution in [3.05, 3.63) is 154 Å². The SMILES string of the molecule is C=C(CCN1CCCC1)Nc1cc(C[C@@H]2NC(=O)c3csc(n3)[C@H]([C@H](O)c3ccccc3)CC(=O)c3nc(sc3C)[C@H](CC(N)=O)NC(=O)c3csc(n3)-c3ccc(-c4nc(C(N)=O)cs4)nc3-c3csc(n3)-c3csc(n3)[C@@H]3[C@@H](C)[C@@H](O)CN3C2=O)ccc1O. The number of aliphatic hydroxyl groups is 2. The molecule has 7 aromatic heterocycles. The van der Waals surface area contributed by atoms with Gasteiger partial charge in [-0.2, -0.15) is 0 Å². The van der Waals surface area contributed by atoms with Crippen LogP contribution in [0.15, 0.2) is 99.8 Å². The Morgan fingerprint density at radius 1 is 0.747 bits per heavy atom. The molecule has 2 aromatic carbocycles. The number of hydrogen-bond acceptors (Lipinski definition) is 24. The van der Waals surface area contributed by atoms with Gasteiger partial charge in [0.05, 0.1) is 47.1 Å². The van der Waals surface area contributed by atoms with Crippen LogP contribution >= 0.6 is 68.0 Å². The van der Waals surface area contributed by atoms with Crippen LogP contribution in [0, 0.1) is 12.8 Å². The number of primary amides is 2. The number of nitrogens with zero attached hydrogens (tertiary/aromatic N) is 9. The predicted octanol–water partition coefficient (Wildman–Crippen LogP) is 8.68. The maximum atomic E-state index is 15.6. The Labute approximate surface area is 545 Å². The Hall–Kier alpha value is -8.39. The molecule has 10 heterocycles. The van der Waals surface area contributed by atoms with E-state index in [4.69, 9.17) is 41.4 Å². The molecule has 23 nitrogen and oxygen atoms in total. The van der Waals surface area contributed by atoms with Crippen molar-refractivity contribution in [2.75, 3.05) is 31.5 Å². The van der Waals surface area contributed by atoms with Gasteiger partial charge in [-0.3, -0.25) is 28.8 Å². The van der Waals surface area contributed by atoms with Crippen LogP contribution in [0.3, 0.4) is 0 Å². The van der Waals surface area contributed by atoms with Crippen LogP contribution < -0.4 is 27.4 Å². The molecule has 468 valence electrons. The summed E-state index contributed by atoms with van der Waals surface area (Å²) >= 11 is 7.02. The number of pyridine rings is 1. The number of ketones is 1. The van der Waals surface area contributed by atoms with Gasteiger partial charge in [0, 0.05) is 80.8 Å². The molecule has 91 heavy (non-hydrogen) atoms. The number of amides is 5. The summed E-state index contributed by atoms with van der Waals surface area (Å²) in [5.41, 5.74) is 15.5. The number of fused-ring (bicyclic) bond motifs is 16. The Morgan fingerprint density at radius 2 is 1.42 bits per heavy atom. The van der Waals surface area contributed by atoms with E-state index in [1.54, 1.807) is 72.3 Å². The smallest absolute Gasteiger partial charge is 0.271 e. The number of aryl methyl sites for hydroxylation is 1. The number of nitrogens with one attached hydrogen (secondary N) is 3. The molecule has 29 heteroatoms. The average Bonchev–Trinajstić information content (AvgIpc) is 2.71. The highest BCUT2D eigenvalue weighted by molar-refractivity contribution is 7.15. The first-order valence-corrected chi connectivity index (χ1v) is 34.2. The van der Waals surface area contributed by atoms with Gasteiger partial charge in [0.15, 0.2) is 5.78 Å². The summed E-state index contributed by atoms with van der Waals surface area (Å²) in [7, 11) is 0. The maximum Gasteiger partial charge on any atom is 0.271 e. The number of thiazole rings is 6. The van der Waals surface area contributed by atoms with Crippen LogP contribution in [0.5, 0.6) is 5.75 Å². The molecule has 0 saturated carbocycles. The number of carbonyl (C=O) groups excluding carboxylic acids is 6. The van der Waals surface area contributed by atoms with Gasteiger partial charge in [0.1, 0.15) is 76.7 Å². The zero-order chi connectivity index (χ0) is 63.8. The average molecular weight is 1340 g/mol. The van der Waals surface area contributed by atoms with Gasteiger partial charge < -0.3 is 52.5 Å². The fourth-order valence-corrected chi connectivity index (χ4v) is 16.7. The number of likely N-dealkylation sites (tertiary alicyclic amines) is 1. The molecule has 0 unspecified atom stereocenters. The number of phenolic OH excluding ortho intramolecular Hbond substituents is 1. The van der Waals surface area contributed by atoms with Gasteiger partial charge in [-0.15, -0.1) is 68.0 Å². The molecule has 10 N–H and O–H groups in total. The number of benzene rings is 2. The van der Waals surface area contributed by atoms with Gasteiger partial charge in [0.2, 0.25) is 11.8 Å². The van der Waals surface area contributed by atoms with Gasteiger partial charge in [-0.1, -0.05) is 49.9 Å². The third kappa shape index (κ3) is 13.7. The lowest BCUT2D eigenvalue weighted by molar-refractivity contribution is -0.134. The van der Waals surface area contributed by atoms with Crippen LogP contribution in [0.4, 0.5) is 5.69 Å². The minimum atomic E-state index is -1.31. The van der Waals surface area contributed by atoms with Crippen molar-refractivity contribution in [1.29, 1.82) is 0 Å². The topological polar surface area (TPSA) is 348 Å². The van der Waals surface area contributed by atoms with E-state index in [0.717, 1.165) is 66.5 Å². The molecule has 5 amide bonds. The van der Waals surface area contributed by atoms with Crippen LogP contribution in [0.2, 0.25) is 0 Å². The summed E-state index contributed by atoms with van der Waals surface area (Å²) in [6.45, 7) is 10.5. The van der Waals surface area contributed by atoms with E-state index in [1.807, 2.05) is 12.3 Å². The van der Waals surface area contributed by atoms with Crippen LogP contribution in [-0.2, 0) is 16.0 Å². The van der Waals surface area contributed by atoms with Gasteiger partial charge in [-0.05, 0) is 74.7 Å². The Bertz CT molecular complexity index is 4260. The molecular weight excluding hydrogens is 1280 g/mol. The van der Waals surface area contributed by atoms with Gasteiger partial charge >= 0.3 is 0 Å². The Morgan fingerprint density at radius 3 is 2.18 bits per heavy atom. The summed E-state index contributed by atoms with van der Waals surface area (Å²) in [6.07, 6.45) is -0.196. The molecule has 10 bridgehead atoms. The van der Waals surface area contributed by atoms with E-state index in [9.17, 15) is 39.3 Å². The number of Topliss-reactive ketones (excluding diaryl/α,β-unsaturated/α-hetero) is 1. The molecule has 0 radical (unpaired) electrons. The highest BCUT2D eigenvalue weighted by atomic mass is 32.1. The van der Waals surface area contributed by atoms with Crippen LogP contribution in [0.1, 0.15) is 136 Å².